The zero-order valence-electron chi connectivity index (χ0n) is 9.57. The van der Waals surface area contributed by atoms with Gasteiger partial charge in [0.2, 0.25) is 0 Å². The molecule has 3 atom stereocenters. The summed E-state index contributed by atoms with van der Waals surface area (Å²) in [6, 6.07) is 10.4. The first-order chi connectivity index (χ1) is 7.10. The van der Waals surface area contributed by atoms with E-state index < -0.39 is 0 Å². The Morgan fingerprint density at radius 2 is 1.87 bits per heavy atom. The molecule has 1 saturated heterocycles. The lowest BCUT2D eigenvalue weighted by Crippen LogP contribution is -2.41. The second-order valence-electron chi connectivity index (χ2n) is 4.43. The van der Waals surface area contributed by atoms with E-state index in [-0.39, 0.29) is 18.0 Å². The van der Waals surface area contributed by atoms with Crippen LogP contribution < -0.4 is 0 Å². The van der Waals surface area contributed by atoms with Crippen molar-refractivity contribution in [1.82, 2.24) is 0 Å². The van der Waals surface area contributed by atoms with Gasteiger partial charge in [-0.05, 0) is 26.3 Å². The summed E-state index contributed by atoms with van der Waals surface area (Å²) in [6.45, 7) is 6.19. The number of hydrogen-bond donors (Lipinski definition) is 0. The molecule has 1 heterocycles. The second-order valence-corrected chi connectivity index (χ2v) is 4.43. The van der Waals surface area contributed by atoms with Crippen LogP contribution in [-0.2, 0) is 15.1 Å². The van der Waals surface area contributed by atoms with E-state index >= 15 is 0 Å². The fourth-order valence-electron chi connectivity index (χ4n) is 2.34. The molecule has 0 spiro atoms. The Balaban J connectivity index is 2.26. The highest BCUT2D eigenvalue weighted by Crippen LogP contribution is 2.36. The largest absolute Gasteiger partial charge is 0.350 e. The summed E-state index contributed by atoms with van der Waals surface area (Å²) in [4.78, 5) is 0. The van der Waals surface area contributed by atoms with E-state index in [9.17, 15) is 0 Å². The average molecular weight is 206 g/mol. The second kappa shape index (κ2) is 3.95. The van der Waals surface area contributed by atoms with Crippen molar-refractivity contribution in [1.29, 1.82) is 0 Å². The molecule has 1 fully saturated rings. The zero-order valence-corrected chi connectivity index (χ0v) is 9.57. The number of rotatable bonds is 1. The number of benzene rings is 1. The van der Waals surface area contributed by atoms with Gasteiger partial charge < -0.3 is 9.47 Å². The molecule has 0 radical (unpaired) electrons. The van der Waals surface area contributed by atoms with Gasteiger partial charge in [0.05, 0.1) is 11.7 Å². The third-order valence-corrected chi connectivity index (χ3v) is 2.91. The standard InChI is InChI=1S/C13H18O2/c1-10-9-13(3,15-11(2)14-10)12-7-5-4-6-8-12/h4-8,10-11H,9H2,1-3H3/t10-,11+,13-/m0/s1. The molecule has 1 aromatic carbocycles. The lowest BCUT2D eigenvalue weighted by molar-refractivity contribution is -0.270. The molecule has 0 saturated carbocycles. The monoisotopic (exact) mass is 206 g/mol. The Bertz CT molecular complexity index is 311. The Hall–Kier alpha value is -0.860. The first-order valence-corrected chi connectivity index (χ1v) is 5.49. The van der Waals surface area contributed by atoms with Gasteiger partial charge in [-0.25, -0.2) is 0 Å². The van der Waals surface area contributed by atoms with Gasteiger partial charge in [0, 0.05) is 6.42 Å². The highest BCUT2D eigenvalue weighted by atomic mass is 16.7. The molecule has 1 aromatic rings. The smallest absolute Gasteiger partial charge is 0.156 e. The van der Waals surface area contributed by atoms with Crippen molar-refractivity contribution in [3.05, 3.63) is 35.9 Å². The van der Waals surface area contributed by atoms with E-state index in [0.717, 1.165) is 6.42 Å². The Morgan fingerprint density at radius 1 is 1.20 bits per heavy atom. The van der Waals surface area contributed by atoms with E-state index in [4.69, 9.17) is 9.47 Å². The molecule has 15 heavy (non-hydrogen) atoms. The maximum atomic E-state index is 5.91. The van der Waals surface area contributed by atoms with Crippen molar-refractivity contribution in [2.75, 3.05) is 0 Å². The van der Waals surface area contributed by atoms with Crippen molar-refractivity contribution in [2.45, 2.75) is 45.2 Å². The van der Waals surface area contributed by atoms with E-state index in [1.165, 1.54) is 5.56 Å². The highest BCUT2D eigenvalue weighted by molar-refractivity contribution is 5.22. The molecule has 82 valence electrons. The van der Waals surface area contributed by atoms with Crippen molar-refractivity contribution in [2.24, 2.45) is 0 Å². The molecule has 2 rings (SSSR count). The summed E-state index contributed by atoms with van der Waals surface area (Å²) >= 11 is 0. The Morgan fingerprint density at radius 3 is 2.47 bits per heavy atom. The van der Waals surface area contributed by atoms with Crippen LogP contribution in [-0.4, -0.2) is 12.4 Å². The van der Waals surface area contributed by atoms with Crippen LogP contribution in [0, 0.1) is 0 Å². The molecule has 2 heteroatoms. The van der Waals surface area contributed by atoms with Crippen LogP contribution in [0.5, 0.6) is 0 Å². The molecule has 0 unspecified atom stereocenters. The maximum Gasteiger partial charge on any atom is 0.156 e. The average Bonchev–Trinajstić information content (AvgIpc) is 2.17. The van der Waals surface area contributed by atoms with Gasteiger partial charge >= 0.3 is 0 Å². The van der Waals surface area contributed by atoms with Crippen molar-refractivity contribution >= 4 is 0 Å². The topological polar surface area (TPSA) is 18.5 Å². The summed E-state index contributed by atoms with van der Waals surface area (Å²) in [5, 5.41) is 0. The predicted octanol–water partition coefficient (Wildman–Crippen LogP) is 3.07. The minimum absolute atomic E-state index is 0.126. The number of ether oxygens (including phenoxy) is 2. The minimum atomic E-state index is -0.210. The molecule has 1 aliphatic heterocycles. The van der Waals surface area contributed by atoms with Crippen LogP contribution in [0.25, 0.3) is 0 Å². The third kappa shape index (κ3) is 2.21. The van der Waals surface area contributed by atoms with E-state index in [1.807, 2.05) is 13.0 Å². The van der Waals surface area contributed by atoms with Crippen LogP contribution in [0.15, 0.2) is 30.3 Å². The van der Waals surface area contributed by atoms with Gasteiger partial charge in [-0.2, -0.15) is 0 Å². The third-order valence-electron chi connectivity index (χ3n) is 2.91. The minimum Gasteiger partial charge on any atom is -0.350 e. The number of hydrogen-bond acceptors (Lipinski definition) is 2. The molecule has 0 aliphatic carbocycles. The van der Waals surface area contributed by atoms with E-state index in [2.05, 4.69) is 38.1 Å². The van der Waals surface area contributed by atoms with Crippen LogP contribution in [0.1, 0.15) is 32.8 Å². The van der Waals surface area contributed by atoms with Crippen LogP contribution in [0.2, 0.25) is 0 Å². The van der Waals surface area contributed by atoms with Gasteiger partial charge in [-0.3, -0.25) is 0 Å². The molecule has 0 bridgehead atoms. The van der Waals surface area contributed by atoms with Crippen LogP contribution in [0.3, 0.4) is 0 Å². The highest BCUT2D eigenvalue weighted by Gasteiger charge is 2.36. The van der Waals surface area contributed by atoms with Crippen LogP contribution in [0.4, 0.5) is 0 Å². The molecule has 0 amide bonds. The summed E-state index contributed by atoms with van der Waals surface area (Å²) in [6.07, 6.45) is 1.03. The molecular formula is C13H18O2. The normalized spacial score (nSPS) is 36.5. The van der Waals surface area contributed by atoms with Gasteiger partial charge in [0.1, 0.15) is 0 Å². The first-order valence-electron chi connectivity index (χ1n) is 5.49. The molecular weight excluding hydrogens is 188 g/mol. The Kier molecular flexibility index (Phi) is 2.81. The first kappa shape index (κ1) is 10.7. The summed E-state index contributed by atoms with van der Waals surface area (Å²) < 4.78 is 11.5. The van der Waals surface area contributed by atoms with E-state index in [1.54, 1.807) is 0 Å². The predicted molar refractivity (Wildman–Crippen MR) is 59.5 cm³/mol. The molecule has 2 nitrogen and oxygen atoms in total. The fraction of sp³-hybridized carbons (Fsp3) is 0.538. The van der Waals surface area contributed by atoms with Gasteiger partial charge in [-0.15, -0.1) is 0 Å². The van der Waals surface area contributed by atoms with Crippen LogP contribution >= 0.6 is 0 Å². The summed E-state index contributed by atoms with van der Waals surface area (Å²) in [5.41, 5.74) is 1.02. The molecule has 0 aromatic heterocycles. The molecule has 0 N–H and O–H groups in total. The molecule has 1 aliphatic rings. The van der Waals surface area contributed by atoms with Gasteiger partial charge in [0.15, 0.2) is 6.29 Å². The quantitative estimate of drug-likeness (QED) is 0.703. The maximum absolute atomic E-state index is 5.91. The lowest BCUT2D eigenvalue weighted by Gasteiger charge is -2.41. The van der Waals surface area contributed by atoms with Crippen molar-refractivity contribution in [3.8, 4) is 0 Å². The van der Waals surface area contributed by atoms with Gasteiger partial charge in [-0.1, -0.05) is 30.3 Å². The van der Waals surface area contributed by atoms with Crippen molar-refractivity contribution < 1.29 is 9.47 Å². The SMILES string of the molecule is C[C@@H]1O[C@@H](C)C[C@@](C)(c2ccccc2)O1. The summed E-state index contributed by atoms with van der Waals surface area (Å²) in [7, 11) is 0. The summed E-state index contributed by atoms with van der Waals surface area (Å²) in [5.74, 6) is 0. The van der Waals surface area contributed by atoms with Gasteiger partial charge in [0.25, 0.3) is 0 Å². The lowest BCUT2D eigenvalue weighted by atomic mass is 9.89. The fourth-order valence-corrected chi connectivity index (χ4v) is 2.34. The Labute approximate surface area is 91.2 Å². The zero-order chi connectivity index (χ0) is 10.9. The van der Waals surface area contributed by atoms with E-state index in [0.29, 0.717) is 0 Å². The van der Waals surface area contributed by atoms with Crippen molar-refractivity contribution in [3.63, 3.8) is 0 Å².